The van der Waals surface area contributed by atoms with Crippen molar-refractivity contribution in [2.45, 2.75) is 12.5 Å². The van der Waals surface area contributed by atoms with Crippen molar-refractivity contribution in [3.8, 4) is 0 Å². The Hall–Kier alpha value is -1.23. The lowest BCUT2D eigenvalue weighted by atomic mass is 10.2. The number of hydrogen-bond acceptors (Lipinski definition) is 4. The second-order valence-electron chi connectivity index (χ2n) is 3.05. The van der Waals surface area contributed by atoms with Crippen LogP contribution < -0.4 is 10.6 Å². The van der Waals surface area contributed by atoms with E-state index in [2.05, 4.69) is 20.6 Å². The first-order chi connectivity index (χ1) is 6.36. The van der Waals surface area contributed by atoms with Crippen LogP contribution in [0.5, 0.6) is 0 Å². The van der Waals surface area contributed by atoms with Crippen molar-refractivity contribution in [3.63, 3.8) is 0 Å². The maximum absolute atomic E-state index is 13.0. The molecule has 0 aromatic carbocycles. The molecule has 0 aliphatic carbocycles. The Morgan fingerprint density at radius 1 is 1.62 bits per heavy atom. The molecule has 2 heterocycles. The summed E-state index contributed by atoms with van der Waals surface area (Å²) in [6, 6.07) is 0.282. The summed E-state index contributed by atoms with van der Waals surface area (Å²) < 4.78 is 13.0. The fourth-order valence-electron chi connectivity index (χ4n) is 1.39. The van der Waals surface area contributed by atoms with Gasteiger partial charge in [0.15, 0.2) is 11.6 Å². The largest absolute Gasteiger partial charge is 0.363 e. The van der Waals surface area contributed by atoms with Gasteiger partial charge in [0.25, 0.3) is 0 Å². The molecule has 0 radical (unpaired) electrons. The van der Waals surface area contributed by atoms with Crippen LogP contribution in [0.15, 0.2) is 12.5 Å². The van der Waals surface area contributed by atoms with E-state index in [1.165, 1.54) is 6.33 Å². The van der Waals surface area contributed by atoms with Crippen molar-refractivity contribution in [3.05, 3.63) is 18.3 Å². The first-order valence-corrected chi connectivity index (χ1v) is 4.29. The Bertz CT molecular complexity index is 285. The predicted octanol–water partition coefficient (Wildman–Crippen LogP) is 0.390. The molecule has 0 spiro atoms. The first kappa shape index (κ1) is 8.37. The molecular weight excluding hydrogens is 171 g/mol. The van der Waals surface area contributed by atoms with Crippen LogP contribution in [0.4, 0.5) is 10.2 Å². The van der Waals surface area contributed by atoms with Gasteiger partial charge in [0.2, 0.25) is 0 Å². The zero-order valence-electron chi connectivity index (χ0n) is 7.13. The van der Waals surface area contributed by atoms with E-state index in [4.69, 9.17) is 0 Å². The number of aromatic nitrogens is 2. The Balaban J connectivity index is 2.04. The lowest BCUT2D eigenvalue weighted by Crippen LogP contribution is -2.23. The molecule has 0 amide bonds. The van der Waals surface area contributed by atoms with Gasteiger partial charge in [-0.3, -0.25) is 0 Å². The van der Waals surface area contributed by atoms with E-state index in [1.807, 2.05) is 0 Å². The maximum atomic E-state index is 13.0. The van der Waals surface area contributed by atoms with E-state index < -0.39 is 5.82 Å². The molecule has 1 aliphatic rings. The van der Waals surface area contributed by atoms with Gasteiger partial charge in [-0.1, -0.05) is 0 Å². The topological polar surface area (TPSA) is 49.8 Å². The summed E-state index contributed by atoms with van der Waals surface area (Å²) in [4.78, 5) is 7.39. The van der Waals surface area contributed by atoms with E-state index in [9.17, 15) is 4.39 Å². The van der Waals surface area contributed by atoms with Crippen molar-refractivity contribution in [2.75, 3.05) is 18.4 Å². The van der Waals surface area contributed by atoms with Crippen molar-refractivity contribution >= 4 is 5.82 Å². The normalized spacial score (nSPS) is 21.8. The molecular formula is C8H11FN4. The zero-order valence-corrected chi connectivity index (χ0v) is 7.13. The summed E-state index contributed by atoms with van der Waals surface area (Å²) in [7, 11) is 0. The summed E-state index contributed by atoms with van der Waals surface area (Å²) >= 11 is 0. The highest BCUT2D eigenvalue weighted by Crippen LogP contribution is 2.11. The van der Waals surface area contributed by atoms with Crippen LogP contribution in [0.3, 0.4) is 0 Å². The Morgan fingerprint density at radius 3 is 3.23 bits per heavy atom. The van der Waals surface area contributed by atoms with Gasteiger partial charge in [-0.25, -0.2) is 14.4 Å². The van der Waals surface area contributed by atoms with Gasteiger partial charge < -0.3 is 10.6 Å². The second-order valence-corrected chi connectivity index (χ2v) is 3.05. The Morgan fingerprint density at radius 2 is 2.54 bits per heavy atom. The summed E-state index contributed by atoms with van der Waals surface area (Å²) in [5.41, 5.74) is 0. The van der Waals surface area contributed by atoms with Gasteiger partial charge in [0.05, 0.1) is 6.20 Å². The van der Waals surface area contributed by atoms with Crippen molar-refractivity contribution in [2.24, 2.45) is 0 Å². The zero-order chi connectivity index (χ0) is 9.10. The third-order valence-electron chi connectivity index (χ3n) is 2.07. The first-order valence-electron chi connectivity index (χ1n) is 4.29. The molecule has 4 nitrogen and oxygen atoms in total. The molecule has 1 aromatic heterocycles. The molecule has 0 bridgehead atoms. The van der Waals surface area contributed by atoms with Crippen LogP contribution in [0.2, 0.25) is 0 Å². The molecule has 1 atom stereocenters. The van der Waals surface area contributed by atoms with Crippen LogP contribution in [0.25, 0.3) is 0 Å². The van der Waals surface area contributed by atoms with Crippen molar-refractivity contribution in [1.29, 1.82) is 0 Å². The number of anilines is 1. The predicted molar refractivity (Wildman–Crippen MR) is 46.9 cm³/mol. The smallest absolute Gasteiger partial charge is 0.183 e. The quantitative estimate of drug-likeness (QED) is 0.694. The van der Waals surface area contributed by atoms with Gasteiger partial charge in [-0.15, -0.1) is 0 Å². The minimum absolute atomic E-state index is 0.282. The number of halogens is 1. The van der Waals surface area contributed by atoms with Gasteiger partial charge in [0.1, 0.15) is 6.33 Å². The molecule has 70 valence electrons. The Labute approximate surface area is 75.6 Å². The Kier molecular flexibility index (Phi) is 2.35. The number of nitrogens with zero attached hydrogens (tertiary/aromatic N) is 2. The third kappa shape index (κ3) is 1.92. The van der Waals surface area contributed by atoms with Crippen LogP contribution in [-0.2, 0) is 0 Å². The highest BCUT2D eigenvalue weighted by Gasteiger charge is 2.15. The molecule has 2 N–H and O–H groups in total. The molecule has 1 saturated heterocycles. The molecule has 1 unspecified atom stereocenters. The van der Waals surface area contributed by atoms with Crippen molar-refractivity contribution in [1.82, 2.24) is 15.3 Å². The van der Waals surface area contributed by atoms with Gasteiger partial charge in [0, 0.05) is 12.6 Å². The van der Waals surface area contributed by atoms with Crippen molar-refractivity contribution < 1.29 is 4.39 Å². The molecule has 5 heteroatoms. The molecule has 1 fully saturated rings. The summed E-state index contributed by atoms with van der Waals surface area (Å²) in [6.45, 7) is 1.84. The monoisotopic (exact) mass is 182 g/mol. The fraction of sp³-hybridized carbons (Fsp3) is 0.500. The van der Waals surface area contributed by atoms with E-state index in [0.717, 1.165) is 25.7 Å². The van der Waals surface area contributed by atoms with Gasteiger partial charge in [-0.2, -0.15) is 0 Å². The lowest BCUT2D eigenvalue weighted by Gasteiger charge is -2.11. The van der Waals surface area contributed by atoms with Crippen LogP contribution in [0, 0.1) is 5.82 Å². The SMILES string of the molecule is Fc1cncnc1NC1CCNC1. The third-order valence-corrected chi connectivity index (χ3v) is 2.07. The highest BCUT2D eigenvalue weighted by molar-refractivity contribution is 5.35. The second kappa shape index (κ2) is 3.66. The molecule has 1 aromatic rings. The minimum atomic E-state index is -0.394. The average Bonchev–Trinajstić information content (AvgIpc) is 2.61. The minimum Gasteiger partial charge on any atom is -0.363 e. The van der Waals surface area contributed by atoms with Crippen LogP contribution >= 0.6 is 0 Å². The lowest BCUT2D eigenvalue weighted by molar-refractivity contribution is 0.612. The van der Waals surface area contributed by atoms with Crippen LogP contribution in [0.1, 0.15) is 6.42 Å². The highest BCUT2D eigenvalue weighted by atomic mass is 19.1. The van der Waals surface area contributed by atoms with E-state index >= 15 is 0 Å². The van der Waals surface area contributed by atoms with E-state index in [-0.39, 0.29) is 6.04 Å². The molecule has 0 saturated carbocycles. The average molecular weight is 182 g/mol. The molecule has 13 heavy (non-hydrogen) atoms. The van der Waals surface area contributed by atoms with E-state index in [1.54, 1.807) is 0 Å². The standard InChI is InChI=1S/C8H11FN4/c9-7-4-11-5-12-8(7)13-6-1-2-10-3-6/h4-6,10H,1-3H2,(H,11,12,13). The summed E-state index contributed by atoms with van der Waals surface area (Å²) in [6.07, 6.45) is 3.51. The molecule has 2 rings (SSSR count). The van der Waals surface area contributed by atoms with Gasteiger partial charge >= 0.3 is 0 Å². The van der Waals surface area contributed by atoms with E-state index in [0.29, 0.717) is 5.82 Å². The number of hydrogen-bond donors (Lipinski definition) is 2. The maximum Gasteiger partial charge on any atom is 0.183 e. The number of nitrogens with one attached hydrogen (secondary N) is 2. The molecule has 1 aliphatic heterocycles. The number of rotatable bonds is 2. The summed E-state index contributed by atoms with van der Waals surface area (Å²) in [5.74, 6) is -0.0990. The fourth-order valence-corrected chi connectivity index (χ4v) is 1.39. The van der Waals surface area contributed by atoms with Gasteiger partial charge in [-0.05, 0) is 13.0 Å². The summed E-state index contributed by atoms with van der Waals surface area (Å²) in [5, 5.41) is 6.20. The van der Waals surface area contributed by atoms with Crippen LogP contribution in [-0.4, -0.2) is 29.1 Å².